The lowest BCUT2D eigenvalue weighted by molar-refractivity contribution is 0.139. The molecule has 0 aromatic heterocycles. The molecule has 0 atom stereocenters. The molecule has 0 aliphatic rings. The number of hydrogen-bond acceptors (Lipinski definition) is 5. The maximum atomic E-state index is 10.2. The summed E-state index contributed by atoms with van der Waals surface area (Å²) in [5, 5.41) is 19.9. The molecule has 0 aliphatic carbocycles. The van der Waals surface area contributed by atoms with E-state index in [0.29, 0.717) is 26.3 Å². The topological polar surface area (TPSA) is 160 Å². The summed E-state index contributed by atoms with van der Waals surface area (Å²) in [7, 11) is 0. The van der Waals surface area contributed by atoms with Crippen molar-refractivity contribution in [3.8, 4) is 0 Å². The second kappa shape index (κ2) is 14.4. The van der Waals surface area contributed by atoms with Gasteiger partial charge in [0.15, 0.2) is 0 Å². The van der Waals surface area contributed by atoms with E-state index >= 15 is 0 Å². The van der Waals surface area contributed by atoms with Crippen LogP contribution in [0.5, 0.6) is 0 Å². The molecule has 0 bridgehead atoms. The lowest BCUT2D eigenvalue weighted by atomic mass is 10.6. The SMILES string of the molecule is NC(=O)NCCOCCNC(N)=O.OCCO. The third-order valence-electron chi connectivity index (χ3n) is 1.19. The van der Waals surface area contributed by atoms with Gasteiger partial charge in [-0.3, -0.25) is 0 Å². The lowest BCUT2D eigenvalue weighted by Gasteiger charge is -2.04. The highest BCUT2D eigenvalue weighted by Gasteiger charge is 1.92. The van der Waals surface area contributed by atoms with Crippen LogP contribution >= 0.6 is 0 Å². The van der Waals surface area contributed by atoms with Crippen LogP contribution in [-0.4, -0.2) is 61.8 Å². The molecule has 0 fully saturated rings. The summed E-state index contributed by atoms with van der Waals surface area (Å²) in [5.41, 5.74) is 9.59. The van der Waals surface area contributed by atoms with Crippen LogP contribution in [0.1, 0.15) is 0 Å². The Kier molecular flexibility index (Phi) is 15.1. The Labute approximate surface area is 99.1 Å². The molecule has 8 N–H and O–H groups in total. The van der Waals surface area contributed by atoms with Crippen LogP contribution in [0.15, 0.2) is 0 Å². The van der Waals surface area contributed by atoms with Gasteiger partial charge < -0.3 is 37.1 Å². The van der Waals surface area contributed by atoms with Gasteiger partial charge in [0, 0.05) is 13.1 Å². The monoisotopic (exact) mass is 252 g/mol. The number of primary amides is 2. The van der Waals surface area contributed by atoms with Crippen LogP contribution in [0.25, 0.3) is 0 Å². The van der Waals surface area contributed by atoms with Gasteiger partial charge in [0.1, 0.15) is 0 Å². The number of nitrogens with two attached hydrogens (primary N) is 2. The highest BCUT2D eigenvalue weighted by Crippen LogP contribution is 1.71. The van der Waals surface area contributed by atoms with E-state index < -0.39 is 12.1 Å². The average Bonchev–Trinajstić information content (AvgIpc) is 2.27. The Morgan fingerprint density at radius 3 is 1.53 bits per heavy atom. The summed E-state index contributed by atoms with van der Waals surface area (Å²) in [5.74, 6) is 0. The van der Waals surface area contributed by atoms with Crippen molar-refractivity contribution in [3.63, 3.8) is 0 Å². The number of ether oxygens (including phenoxy) is 1. The summed E-state index contributed by atoms with van der Waals surface area (Å²) in [4.78, 5) is 20.3. The van der Waals surface area contributed by atoms with E-state index in [1.807, 2.05) is 0 Å². The normalized spacial score (nSPS) is 8.82. The van der Waals surface area contributed by atoms with Crippen molar-refractivity contribution in [3.05, 3.63) is 0 Å². The zero-order valence-corrected chi connectivity index (χ0v) is 9.52. The van der Waals surface area contributed by atoms with Crippen molar-refractivity contribution < 1.29 is 24.5 Å². The Morgan fingerprint density at radius 2 is 1.29 bits per heavy atom. The van der Waals surface area contributed by atoms with Crippen molar-refractivity contribution in [1.29, 1.82) is 0 Å². The Balaban J connectivity index is 0. The number of carbonyl (C=O) groups is 2. The molecule has 0 saturated carbocycles. The maximum absolute atomic E-state index is 10.2. The average molecular weight is 252 g/mol. The molecule has 102 valence electrons. The third kappa shape index (κ3) is 25.1. The zero-order valence-electron chi connectivity index (χ0n) is 9.52. The van der Waals surface area contributed by atoms with Crippen LogP contribution in [0.3, 0.4) is 0 Å². The first kappa shape index (κ1) is 17.8. The van der Waals surface area contributed by atoms with Gasteiger partial charge in [-0.1, -0.05) is 0 Å². The first-order valence-electron chi connectivity index (χ1n) is 4.90. The molecule has 0 saturated heterocycles. The number of rotatable bonds is 7. The minimum atomic E-state index is -0.584. The number of aliphatic hydroxyl groups excluding tert-OH is 2. The second-order valence-corrected chi connectivity index (χ2v) is 2.64. The summed E-state index contributed by atoms with van der Waals surface area (Å²) in [6.07, 6.45) is 0. The fraction of sp³-hybridized carbons (Fsp3) is 0.750. The van der Waals surface area contributed by atoms with Crippen LogP contribution in [-0.2, 0) is 4.74 Å². The summed E-state index contributed by atoms with van der Waals surface area (Å²) < 4.78 is 4.99. The predicted molar refractivity (Wildman–Crippen MR) is 60.2 cm³/mol. The Hall–Kier alpha value is -1.58. The molecule has 9 heteroatoms. The van der Waals surface area contributed by atoms with Crippen molar-refractivity contribution in [1.82, 2.24) is 10.6 Å². The van der Waals surface area contributed by atoms with Crippen LogP contribution < -0.4 is 22.1 Å². The molecule has 0 aromatic rings. The van der Waals surface area contributed by atoms with E-state index in [1.54, 1.807) is 0 Å². The minimum absolute atomic E-state index is 0.125. The molecular formula is C8H20N4O5. The van der Waals surface area contributed by atoms with E-state index in [4.69, 9.17) is 26.4 Å². The quantitative estimate of drug-likeness (QED) is 0.272. The first-order chi connectivity index (χ1) is 8.04. The second-order valence-electron chi connectivity index (χ2n) is 2.64. The van der Waals surface area contributed by atoms with Gasteiger partial charge in [-0.25, -0.2) is 9.59 Å². The number of nitrogens with one attached hydrogen (secondary N) is 2. The smallest absolute Gasteiger partial charge is 0.312 e. The summed E-state index contributed by atoms with van der Waals surface area (Å²) in [6.45, 7) is 1.16. The van der Waals surface area contributed by atoms with Crippen molar-refractivity contribution in [2.24, 2.45) is 11.5 Å². The van der Waals surface area contributed by atoms with Crippen LogP contribution in [0.2, 0.25) is 0 Å². The molecule has 4 amide bonds. The maximum Gasteiger partial charge on any atom is 0.312 e. The van der Waals surface area contributed by atoms with Gasteiger partial charge >= 0.3 is 12.1 Å². The number of urea groups is 2. The number of hydrogen-bond donors (Lipinski definition) is 6. The van der Waals surface area contributed by atoms with E-state index in [9.17, 15) is 9.59 Å². The van der Waals surface area contributed by atoms with E-state index in [1.165, 1.54) is 0 Å². The van der Waals surface area contributed by atoms with Gasteiger partial charge in [0.2, 0.25) is 0 Å². The minimum Gasteiger partial charge on any atom is -0.394 e. The van der Waals surface area contributed by atoms with Crippen molar-refractivity contribution in [2.75, 3.05) is 39.5 Å². The molecule has 9 nitrogen and oxygen atoms in total. The Morgan fingerprint density at radius 1 is 0.941 bits per heavy atom. The fourth-order valence-corrected chi connectivity index (χ4v) is 0.595. The highest BCUT2D eigenvalue weighted by atomic mass is 16.5. The molecule has 0 unspecified atom stereocenters. The first-order valence-corrected chi connectivity index (χ1v) is 4.90. The van der Waals surface area contributed by atoms with Crippen LogP contribution in [0, 0.1) is 0 Å². The number of carbonyl (C=O) groups excluding carboxylic acids is 2. The molecule has 17 heavy (non-hydrogen) atoms. The van der Waals surface area contributed by atoms with E-state index in [0.717, 1.165) is 0 Å². The van der Waals surface area contributed by atoms with Gasteiger partial charge in [-0.05, 0) is 0 Å². The summed E-state index contributed by atoms with van der Waals surface area (Å²) >= 11 is 0. The Bertz CT molecular complexity index is 182. The number of amides is 4. The largest absolute Gasteiger partial charge is 0.394 e. The standard InChI is InChI=1S/C6H14N4O3.C2H6O2/c7-5(11)9-1-3-13-4-2-10-6(8)12;3-1-2-4/h1-4H2,(H3,7,9,11)(H3,8,10,12);3-4H,1-2H2. The van der Waals surface area contributed by atoms with Gasteiger partial charge in [-0.15, -0.1) is 0 Å². The van der Waals surface area contributed by atoms with E-state index in [-0.39, 0.29) is 13.2 Å². The third-order valence-corrected chi connectivity index (χ3v) is 1.19. The zero-order chi connectivity index (χ0) is 13.5. The van der Waals surface area contributed by atoms with Gasteiger partial charge in [0.05, 0.1) is 26.4 Å². The number of aliphatic hydroxyl groups is 2. The summed E-state index contributed by atoms with van der Waals surface area (Å²) in [6, 6.07) is -1.17. The molecular weight excluding hydrogens is 232 g/mol. The lowest BCUT2D eigenvalue weighted by Crippen LogP contribution is -2.34. The molecule has 0 aromatic carbocycles. The molecule has 0 rings (SSSR count). The van der Waals surface area contributed by atoms with Crippen LogP contribution in [0.4, 0.5) is 9.59 Å². The van der Waals surface area contributed by atoms with E-state index in [2.05, 4.69) is 10.6 Å². The molecule has 0 heterocycles. The fourth-order valence-electron chi connectivity index (χ4n) is 0.595. The predicted octanol–water partition coefficient (Wildman–Crippen LogP) is -2.69. The van der Waals surface area contributed by atoms with Gasteiger partial charge in [-0.2, -0.15) is 0 Å². The molecule has 0 spiro atoms. The van der Waals surface area contributed by atoms with Crippen molar-refractivity contribution >= 4 is 12.1 Å². The molecule has 0 radical (unpaired) electrons. The van der Waals surface area contributed by atoms with Crippen molar-refractivity contribution in [2.45, 2.75) is 0 Å². The highest BCUT2D eigenvalue weighted by molar-refractivity contribution is 5.71. The molecule has 0 aliphatic heterocycles. The van der Waals surface area contributed by atoms with Gasteiger partial charge in [0.25, 0.3) is 0 Å².